The maximum atomic E-state index is 12.3. The Morgan fingerprint density at radius 2 is 1.81 bits per heavy atom. The molecule has 1 aromatic heterocycles. The third kappa shape index (κ3) is 5.62. The van der Waals surface area contributed by atoms with E-state index < -0.39 is 0 Å². The summed E-state index contributed by atoms with van der Waals surface area (Å²) < 4.78 is 0. The number of carbonyl (C=O) groups excluding carboxylic acids is 2. The van der Waals surface area contributed by atoms with E-state index in [2.05, 4.69) is 28.6 Å². The Balaban J connectivity index is 1.50. The molecule has 0 radical (unpaired) electrons. The molecule has 5 nitrogen and oxygen atoms in total. The second-order valence-electron chi connectivity index (χ2n) is 6.30. The van der Waals surface area contributed by atoms with Gasteiger partial charge in [-0.25, -0.2) is 0 Å². The average Bonchev–Trinajstić information content (AvgIpc) is 3.29. The van der Waals surface area contributed by atoms with Crippen LogP contribution in [-0.2, 0) is 6.54 Å². The molecule has 27 heavy (non-hydrogen) atoms. The molecule has 9 heteroatoms. The van der Waals surface area contributed by atoms with Crippen LogP contribution in [0.15, 0.2) is 30.3 Å². The zero-order chi connectivity index (χ0) is 19.4. The van der Waals surface area contributed by atoms with Gasteiger partial charge >= 0.3 is 0 Å². The summed E-state index contributed by atoms with van der Waals surface area (Å²) in [5.74, 6) is -0.409. The minimum Gasteiger partial charge on any atom is -0.350 e. The molecule has 0 spiro atoms. The van der Waals surface area contributed by atoms with Crippen LogP contribution in [0.4, 0.5) is 0 Å². The summed E-state index contributed by atoms with van der Waals surface area (Å²) in [6.07, 6.45) is 0.927. The molecule has 1 aromatic carbocycles. The largest absolute Gasteiger partial charge is 0.350 e. The Bertz CT molecular complexity index is 844. The van der Waals surface area contributed by atoms with Crippen LogP contribution in [0.2, 0.25) is 10.0 Å². The van der Waals surface area contributed by atoms with Crippen molar-refractivity contribution < 1.29 is 9.59 Å². The Labute approximate surface area is 177 Å². The van der Waals surface area contributed by atoms with Crippen LogP contribution in [0, 0.1) is 0 Å². The normalized spacial score (nSPS) is 19.1. The van der Waals surface area contributed by atoms with E-state index in [0.29, 0.717) is 38.1 Å². The molecule has 1 aliphatic rings. The predicted molar refractivity (Wildman–Crippen MR) is 113 cm³/mol. The minimum absolute atomic E-state index is 0.173. The van der Waals surface area contributed by atoms with E-state index in [1.165, 1.54) is 11.3 Å². The number of halogens is 2. The highest BCUT2D eigenvalue weighted by atomic mass is 35.5. The fourth-order valence-corrected chi connectivity index (χ4v) is 4.28. The second-order valence-corrected chi connectivity index (χ2v) is 8.93. The third-order valence-corrected chi connectivity index (χ3v) is 6.41. The number of nitrogens with one attached hydrogen (secondary N) is 3. The predicted octanol–water partition coefficient (Wildman–Crippen LogP) is 3.38. The molecule has 1 aliphatic heterocycles. The van der Waals surface area contributed by atoms with Gasteiger partial charge in [-0.1, -0.05) is 29.3 Å². The van der Waals surface area contributed by atoms with Gasteiger partial charge in [0.25, 0.3) is 11.8 Å². The highest BCUT2D eigenvalue weighted by molar-refractivity contribution is 7.81. The first-order valence-electron chi connectivity index (χ1n) is 8.44. The van der Waals surface area contributed by atoms with Gasteiger partial charge in [0, 0.05) is 30.9 Å². The lowest BCUT2D eigenvalue weighted by molar-refractivity contribution is 0.0948. The van der Waals surface area contributed by atoms with Crippen molar-refractivity contribution in [2.24, 2.45) is 0 Å². The summed E-state index contributed by atoms with van der Waals surface area (Å²) in [6.45, 7) is 1.73. The van der Waals surface area contributed by atoms with E-state index >= 15 is 0 Å². The van der Waals surface area contributed by atoms with Gasteiger partial charge in [-0.05, 0) is 36.2 Å². The van der Waals surface area contributed by atoms with Crippen LogP contribution in [0.3, 0.4) is 0 Å². The number of thiophene rings is 1. The Kier molecular flexibility index (Phi) is 7.05. The SMILES string of the molecule is O=C(NCc1ccc(Cl)c(Cl)c1)c1ccc(C(=O)NCC2CC(S)CN2)s1. The molecule has 2 aromatic rings. The number of benzene rings is 1. The molecular formula is C18H19Cl2N3O2S2. The van der Waals surface area contributed by atoms with Crippen molar-refractivity contribution in [1.82, 2.24) is 16.0 Å². The first-order valence-corrected chi connectivity index (χ1v) is 10.5. The number of carbonyl (C=O) groups is 2. The Morgan fingerprint density at radius 1 is 1.11 bits per heavy atom. The van der Waals surface area contributed by atoms with Gasteiger partial charge < -0.3 is 16.0 Å². The number of hydrogen-bond donors (Lipinski definition) is 4. The van der Waals surface area contributed by atoms with Gasteiger partial charge in [0.2, 0.25) is 0 Å². The summed E-state index contributed by atoms with van der Waals surface area (Å²) in [6, 6.07) is 8.76. The van der Waals surface area contributed by atoms with Crippen molar-refractivity contribution in [3.05, 3.63) is 55.7 Å². The molecule has 0 bridgehead atoms. The summed E-state index contributed by atoms with van der Waals surface area (Å²) >= 11 is 17.4. The van der Waals surface area contributed by atoms with Crippen LogP contribution in [-0.4, -0.2) is 36.2 Å². The first-order chi connectivity index (χ1) is 12.9. The van der Waals surface area contributed by atoms with Gasteiger partial charge in [0.15, 0.2) is 0 Å². The molecule has 2 heterocycles. The molecule has 144 valence electrons. The number of rotatable bonds is 6. The molecule has 2 unspecified atom stereocenters. The van der Waals surface area contributed by atoms with Crippen LogP contribution >= 0.6 is 47.2 Å². The van der Waals surface area contributed by atoms with E-state index in [-0.39, 0.29) is 17.9 Å². The van der Waals surface area contributed by atoms with Crippen molar-refractivity contribution in [3.63, 3.8) is 0 Å². The summed E-state index contributed by atoms with van der Waals surface area (Å²) in [5.41, 5.74) is 0.846. The van der Waals surface area contributed by atoms with E-state index in [0.717, 1.165) is 18.5 Å². The van der Waals surface area contributed by atoms with Gasteiger partial charge in [-0.15, -0.1) is 11.3 Å². The van der Waals surface area contributed by atoms with Crippen molar-refractivity contribution in [1.29, 1.82) is 0 Å². The van der Waals surface area contributed by atoms with E-state index in [9.17, 15) is 9.59 Å². The van der Waals surface area contributed by atoms with E-state index in [1.54, 1.807) is 30.3 Å². The molecule has 3 rings (SSSR count). The van der Waals surface area contributed by atoms with Crippen LogP contribution in [0.1, 0.15) is 31.3 Å². The Morgan fingerprint density at radius 3 is 2.44 bits per heavy atom. The molecule has 1 saturated heterocycles. The fourth-order valence-electron chi connectivity index (χ4n) is 2.76. The van der Waals surface area contributed by atoms with Crippen molar-refractivity contribution in [2.75, 3.05) is 13.1 Å². The maximum Gasteiger partial charge on any atom is 0.261 e. The monoisotopic (exact) mass is 443 g/mol. The van der Waals surface area contributed by atoms with Gasteiger partial charge in [0.1, 0.15) is 0 Å². The molecule has 1 fully saturated rings. The van der Waals surface area contributed by atoms with Gasteiger partial charge in [-0.2, -0.15) is 12.6 Å². The molecule has 2 amide bonds. The quantitative estimate of drug-likeness (QED) is 0.517. The lowest BCUT2D eigenvalue weighted by Gasteiger charge is -2.10. The molecule has 0 aliphatic carbocycles. The molecular weight excluding hydrogens is 425 g/mol. The fraction of sp³-hybridized carbons (Fsp3) is 0.333. The highest BCUT2D eigenvalue weighted by Gasteiger charge is 2.22. The van der Waals surface area contributed by atoms with Crippen molar-refractivity contribution >= 4 is 59.0 Å². The van der Waals surface area contributed by atoms with Crippen molar-refractivity contribution in [2.45, 2.75) is 24.3 Å². The van der Waals surface area contributed by atoms with Gasteiger partial charge in [0.05, 0.1) is 19.8 Å². The maximum absolute atomic E-state index is 12.3. The number of amides is 2. The first kappa shape index (κ1) is 20.5. The minimum atomic E-state index is -0.236. The second kappa shape index (κ2) is 9.30. The van der Waals surface area contributed by atoms with Crippen LogP contribution < -0.4 is 16.0 Å². The topological polar surface area (TPSA) is 70.2 Å². The number of thiol groups is 1. The molecule has 3 N–H and O–H groups in total. The Hall–Kier alpha value is -1.25. The highest BCUT2D eigenvalue weighted by Crippen LogP contribution is 2.23. The standard InChI is InChI=1S/C18H19Cl2N3O2S2/c19-13-2-1-10(5-14(13)20)7-22-17(24)15-3-4-16(27-15)18(25)23-8-11-6-12(26)9-21-11/h1-5,11-12,21,26H,6-9H2,(H,22,24)(H,23,25). The number of hydrogen-bond acceptors (Lipinski definition) is 5. The lowest BCUT2D eigenvalue weighted by atomic mass is 10.2. The summed E-state index contributed by atoms with van der Waals surface area (Å²) in [5, 5.41) is 10.3. The van der Waals surface area contributed by atoms with Gasteiger partial charge in [-0.3, -0.25) is 9.59 Å². The summed E-state index contributed by atoms with van der Waals surface area (Å²) in [4.78, 5) is 25.6. The zero-order valence-corrected chi connectivity index (χ0v) is 17.5. The zero-order valence-electron chi connectivity index (χ0n) is 14.3. The molecule has 2 atom stereocenters. The molecule has 0 saturated carbocycles. The third-order valence-electron chi connectivity index (χ3n) is 4.20. The van der Waals surface area contributed by atoms with Crippen LogP contribution in [0.25, 0.3) is 0 Å². The van der Waals surface area contributed by atoms with E-state index in [1.807, 2.05) is 0 Å². The van der Waals surface area contributed by atoms with Crippen molar-refractivity contribution in [3.8, 4) is 0 Å². The van der Waals surface area contributed by atoms with Crippen LogP contribution in [0.5, 0.6) is 0 Å². The lowest BCUT2D eigenvalue weighted by Crippen LogP contribution is -2.36. The van der Waals surface area contributed by atoms with E-state index in [4.69, 9.17) is 23.2 Å². The smallest absolute Gasteiger partial charge is 0.261 e. The summed E-state index contributed by atoms with van der Waals surface area (Å²) in [7, 11) is 0. The average molecular weight is 444 g/mol.